The van der Waals surface area contributed by atoms with Gasteiger partial charge in [0.1, 0.15) is 0 Å². The van der Waals surface area contributed by atoms with Gasteiger partial charge in [-0.25, -0.2) is 5.43 Å². The molecule has 2 rings (SSSR count). The lowest BCUT2D eigenvalue weighted by Gasteiger charge is -2.12. The van der Waals surface area contributed by atoms with Crippen molar-refractivity contribution in [1.29, 1.82) is 0 Å². The van der Waals surface area contributed by atoms with Gasteiger partial charge in [0, 0.05) is 0 Å². The van der Waals surface area contributed by atoms with Gasteiger partial charge in [0.05, 0.1) is 28.9 Å². The van der Waals surface area contributed by atoms with Crippen molar-refractivity contribution >= 4 is 35.3 Å². The molecule has 0 heterocycles. The van der Waals surface area contributed by atoms with E-state index in [-0.39, 0.29) is 27.1 Å². The molecule has 0 aliphatic heterocycles. The summed E-state index contributed by atoms with van der Waals surface area (Å²) >= 11 is 11.8. The van der Waals surface area contributed by atoms with Crippen LogP contribution >= 0.6 is 23.2 Å². The second kappa shape index (κ2) is 8.64. The molecule has 2 aromatic carbocycles. The van der Waals surface area contributed by atoms with E-state index in [2.05, 4.69) is 15.3 Å². The number of alkyl halides is 2. The van der Waals surface area contributed by atoms with Crippen molar-refractivity contribution < 1.29 is 23.0 Å². The van der Waals surface area contributed by atoms with E-state index in [1.165, 1.54) is 25.5 Å². The third-order valence-corrected chi connectivity index (χ3v) is 3.57. The highest BCUT2D eigenvalue weighted by atomic mass is 35.5. The fraction of sp³-hybridized carbons (Fsp3) is 0.125. The maximum Gasteiger partial charge on any atom is 0.387 e. The van der Waals surface area contributed by atoms with E-state index < -0.39 is 12.5 Å². The van der Waals surface area contributed by atoms with Crippen LogP contribution in [0.1, 0.15) is 15.9 Å². The molecule has 0 aliphatic carbocycles. The second-order valence-electron chi connectivity index (χ2n) is 4.59. The number of benzene rings is 2. The molecular formula is C16H12Cl2F2N2O3. The van der Waals surface area contributed by atoms with Crippen molar-refractivity contribution in [2.75, 3.05) is 7.11 Å². The largest absolute Gasteiger partial charge is 0.493 e. The first-order chi connectivity index (χ1) is 11.9. The molecule has 0 saturated heterocycles. The molecule has 25 heavy (non-hydrogen) atoms. The van der Waals surface area contributed by atoms with Crippen LogP contribution < -0.4 is 14.9 Å². The van der Waals surface area contributed by atoms with Crippen molar-refractivity contribution in [2.45, 2.75) is 6.61 Å². The summed E-state index contributed by atoms with van der Waals surface area (Å²) < 4.78 is 34.1. The third-order valence-electron chi connectivity index (χ3n) is 2.96. The van der Waals surface area contributed by atoms with Gasteiger partial charge in [0.25, 0.3) is 5.91 Å². The van der Waals surface area contributed by atoms with Gasteiger partial charge in [-0.2, -0.15) is 13.9 Å². The molecule has 0 radical (unpaired) electrons. The zero-order valence-electron chi connectivity index (χ0n) is 12.8. The summed E-state index contributed by atoms with van der Waals surface area (Å²) in [6, 6.07) is 9.20. The molecule has 0 aromatic heterocycles. The van der Waals surface area contributed by atoms with Gasteiger partial charge in [-0.05, 0) is 29.8 Å². The van der Waals surface area contributed by atoms with Crippen LogP contribution in [0.3, 0.4) is 0 Å². The Morgan fingerprint density at radius 3 is 2.60 bits per heavy atom. The number of amides is 1. The number of halogens is 4. The Morgan fingerprint density at radius 1 is 1.24 bits per heavy atom. The Morgan fingerprint density at radius 2 is 1.96 bits per heavy atom. The van der Waals surface area contributed by atoms with E-state index in [1.54, 1.807) is 24.3 Å². The van der Waals surface area contributed by atoms with Gasteiger partial charge in [-0.15, -0.1) is 0 Å². The van der Waals surface area contributed by atoms with E-state index in [0.29, 0.717) is 5.56 Å². The standard InChI is InChI=1S/C16H12Cl2F2N2O3/c1-24-13-7-9(6-12(18)14(13)25-16(19)20)8-21-22-15(23)10-4-2-3-5-11(10)17/h2-8,16H,1H3,(H,22,23)/b21-8-. The van der Waals surface area contributed by atoms with Gasteiger partial charge in [0.2, 0.25) is 0 Å². The van der Waals surface area contributed by atoms with Crippen molar-refractivity contribution in [1.82, 2.24) is 5.43 Å². The van der Waals surface area contributed by atoms with Crippen LogP contribution in [0, 0.1) is 0 Å². The summed E-state index contributed by atoms with van der Waals surface area (Å²) in [5.41, 5.74) is 2.97. The number of hydrogen-bond acceptors (Lipinski definition) is 4. The Hall–Kier alpha value is -2.38. The minimum atomic E-state index is -3.04. The summed E-state index contributed by atoms with van der Waals surface area (Å²) in [5, 5.41) is 3.98. The molecule has 0 atom stereocenters. The number of carbonyl (C=O) groups is 1. The predicted octanol–water partition coefficient (Wildman–Crippen LogP) is 4.37. The van der Waals surface area contributed by atoms with Crippen LogP contribution in [0.5, 0.6) is 11.5 Å². The fourth-order valence-electron chi connectivity index (χ4n) is 1.89. The van der Waals surface area contributed by atoms with Crippen LogP contribution in [0.15, 0.2) is 41.5 Å². The summed E-state index contributed by atoms with van der Waals surface area (Å²) in [4.78, 5) is 12.0. The molecule has 9 heteroatoms. The average Bonchev–Trinajstić information content (AvgIpc) is 2.57. The lowest BCUT2D eigenvalue weighted by molar-refractivity contribution is -0.0511. The zero-order valence-corrected chi connectivity index (χ0v) is 14.3. The van der Waals surface area contributed by atoms with Crippen molar-refractivity contribution in [3.05, 3.63) is 57.6 Å². The number of nitrogens with zero attached hydrogens (tertiary/aromatic N) is 1. The summed E-state index contributed by atoms with van der Waals surface area (Å²) in [7, 11) is 1.28. The summed E-state index contributed by atoms with van der Waals surface area (Å²) in [6.07, 6.45) is 1.27. The van der Waals surface area contributed by atoms with E-state index in [0.717, 1.165) is 0 Å². The predicted molar refractivity (Wildman–Crippen MR) is 91.1 cm³/mol. The molecule has 0 saturated carbocycles. The van der Waals surface area contributed by atoms with Crippen LogP contribution in [0.2, 0.25) is 10.0 Å². The molecule has 0 fully saturated rings. The van der Waals surface area contributed by atoms with Gasteiger partial charge in [-0.3, -0.25) is 4.79 Å². The molecule has 0 bridgehead atoms. The molecule has 0 aliphatic rings. The number of hydrogen-bond donors (Lipinski definition) is 1. The highest BCUT2D eigenvalue weighted by molar-refractivity contribution is 6.34. The first-order valence-corrected chi connectivity index (χ1v) is 7.58. The maximum absolute atomic E-state index is 12.4. The lowest BCUT2D eigenvalue weighted by atomic mass is 10.2. The molecule has 0 unspecified atom stereocenters. The molecule has 2 aromatic rings. The number of ether oxygens (including phenoxy) is 2. The number of methoxy groups -OCH3 is 1. The van der Waals surface area contributed by atoms with Crippen LogP contribution in [0.25, 0.3) is 0 Å². The second-order valence-corrected chi connectivity index (χ2v) is 5.41. The number of carbonyl (C=O) groups excluding carboxylic acids is 1. The number of nitrogens with one attached hydrogen (secondary N) is 1. The molecule has 5 nitrogen and oxygen atoms in total. The van der Waals surface area contributed by atoms with Gasteiger partial charge in [0.15, 0.2) is 11.5 Å². The van der Waals surface area contributed by atoms with Gasteiger partial charge < -0.3 is 9.47 Å². The minimum Gasteiger partial charge on any atom is -0.493 e. The van der Waals surface area contributed by atoms with E-state index in [4.69, 9.17) is 27.9 Å². The SMILES string of the molecule is COc1cc(/C=N\NC(=O)c2ccccc2Cl)cc(Cl)c1OC(F)F. The average molecular weight is 389 g/mol. The van der Waals surface area contributed by atoms with Gasteiger partial charge >= 0.3 is 6.61 Å². The summed E-state index contributed by atoms with van der Waals surface area (Å²) in [5.74, 6) is -0.777. The normalized spacial score (nSPS) is 11.0. The van der Waals surface area contributed by atoms with Crippen LogP contribution in [-0.4, -0.2) is 25.8 Å². The van der Waals surface area contributed by atoms with Crippen molar-refractivity contribution in [3.8, 4) is 11.5 Å². The Bertz CT molecular complexity index is 801. The highest BCUT2D eigenvalue weighted by Gasteiger charge is 2.16. The van der Waals surface area contributed by atoms with Gasteiger partial charge in [-0.1, -0.05) is 35.3 Å². The Balaban J connectivity index is 2.14. The smallest absolute Gasteiger partial charge is 0.387 e. The Labute approximate surface area is 152 Å². The van der Waals surface area contributed by atoms with Crippen molar-refractivity contribution in [2.24, 2.45) is 5.10 Å². The monoisotopic (exact) mass is 388 g/mol. The molecule has 0 spiro atoms. The first-order valence-electron chi connectivity index (χ1n) is 6.82. The lowest BCUT2D eigenvalue weighted by Crippen LogP contribution is -2.17. The third kappa shape index (κ3) is 5.04. The fourth-order valence-corrected chi connectivity index (χ4v) is 2.37. The summed E-state index contributed by atoms with van der Waals surface area (Å²) in [6.45, 7) is -3.04. The van der Waals surface area contributed by atoms with Crippen LogP contribution in [-0.2, 0) is 0 Å². The first kappa shape index (κ1) is 19.0. The number of hydrazone groups is 1. The van der Waals surface area contributed by atoms with E-state index in [9.17, 15) is 13.6 Å². The van der Waals surface area contributed by atoms with Crippen molar-refractivity contribution in [3.63, 3.8) is 0 Å². The van der Waals surface area contributed by atoms with E-state index in [1.807, 2.05) is 0 Å². The molecule has 1 N–H and O–H groups in total. The topological polar surface area (TPSA) is 59.9 Å². The number of rotatable bonds is 6. The maximum atomic E-state index is 12.4. The molecule has 132 valence electrons. The zero-order chi connectivity index (χ0) is 18.4. The Kier molecular flexibility index (Phi) is 6.55. The molecule has 1 amide bonds. The minimum absolute atomic E-state index is 0.00619. The quantitative estimate of drug-likeness (QED) is 0.590. The molecular weight excluding hydrogens is 377 g/mol. The van der Waals surface area contributed by atoms with E-state index >= 15 is 0 Å². The highest BCUT2D eigenvalue weighted by Crippen LogP contribution is 2.37. The van der Waals surface area contributed by atoms with Crippen LogP contribution in [0.4, 0.5) is 8.78 Å².